The van der Waals surface area contributed by atoms with Crippen molar-refractivity contribution in [2.75, 3.05) is 19.0 Å². The van der Waals surface area contributed by atoms with Gasteiger partial charge in [0, 0.05) is 35.0 Å². The van der Waals surface area contributed by atoms with E-state index in [9.17, 15) is 10.1 Å². The van der Waals surface area contributed by atoms with Crippen LogP contribution in [0.3, 0.4) is 0 Å². The van der Waals surface area contributed by atoms with Crippen LogP contribution in [0, 0.1) is 10.1 Å². The van der Waals surface area contributed by atoms with Crippen molar-refractivity contribution in [1.29, 1.82) is 0 Å². The number of hydrogen-bond acceptors (Lipinski definition) is 4. The van der Waals surface area contributed by atoms with E-state index in [0.717, 1.165) is 15.5 Å². The minimum Gasteiger partial charge on any atom is -0.377 e. The third-order valence-electron chi connectivity index (χ3n) is 2.75. The molecule has 0 saturated heterocycles. The lowest BCUT2D eigenvalue weighted by Crippen LogP contribution is -2.10. The third kappa shape index (κ3) is 3.81. The summed E-state index contributed by atoms with van der Waals surface area (Å²) >= 11 is 13.3. The standard InChI is InChI=1S/C14H12Cl2N2O2S/c1-17(2)13-7-11(16)12(18(19)20)8-14(13)21-10-5-3-9(15)4-6-10/h3-8H,1-2H3. The van der Waals surface area contributed by atoms with Crippen LogP contribution < -0.4 is 4.90 Å². The summed E-state index contributed by atoms with van der Waals surface area (Å²) in [6, 6.07) is 10.4. The Bertz CT molecular complexity index is 675. The summed E-state index contributed by atoms with van der Waals surface area (Å²) in [6.07, 6.45) is 0. The fourth-order valence-electron chi connectivity index (χ4n) is 1.73. The minimum atomic E-state index is -0.478. The highest BCUT2D eigenvalue weighted by Gasteiger charge is 2.18. The Hall–Kier alpha value is -1.43. The molecule has 7 heteroatoms. The second-order valence-electron chi connectivity index (χ2n) is 4.48. The predicted octanol–water partition coefficient (Wildman–Crippen LogP) is 5.12. The van der Waals surface area contributed by atoms with Crippen LogP contribution in [0.2, 0.25) is 10.0 Å². The quantitative estimate of drug-likeness (QED) is 0.571. The second kappa shape index (κ2) is 6.56. The molecular weight excluding hydrogens is 331 g/mol. The molecule has 0 aliphatic carbocycles. The van der Waals surface area contributed by atoms with Crippen molar-refractivity contribution in [1.82, 2.24) is 0 Å². The van der Waals surface area contributed by atoms with E-state index < -0.39 is 4.92 Å². The van der Waals surface area contributed by atoms with E-state index in [1.165, 1.54) is 17.8 Å². The molecule has 4 nitrogen and oxygen atoms in total. The summed E-state index contributed by atoms with van der Waals surface area (Å²) < 4.78 is 0. The topological polar surface area (TPSA) is 46.4 Å². The van der Waals surface area contributed by atoms with Crippen molar-refractivity contribution in [3.05, 3.63) is 56.6 Å². The minimum absolute atomic E-state index is 0.0984. The number of halogens is 2. The maximum absolute atomic E-state index is 11.0. The number of nitro groups is 1. The Labute approximate surface area is 136 Å². The van der Waals surface area contributed by atoms with Gasteiger partial charge >= 0.3 is 0 Å². The smallest absolute Gasteiger partial charge is 0.289 e. The van der Waals surface area contributed by atoms with Crippen molar-refractivity contribution < 1.29 is 4.92 Å². The van der Waals surface area contributed by atoms with Crippen LogP contribution in [0.25, 0.3) is 0 Å². The Morgan fingerprint density at radius 1 is 1.14 bits per heavy atom. The summed E-state index contributed by atoms with van der Waals surface area (Å²) in [5, 5.41) is 11.8. The average Bonchev–Trinajstić information content (AvgIpc) is 2.42. The molecule has 0 amide bonds. The fraction of sp³-hybridized carbons (Fsp3) is 0.143. The molecule has 0 N–H and O–H groups in total. The van der Waals surface area contributed by atoms with Gasteiger partial charge in [0.25, 0.3) is 5.69 Å². The Morgan fingerprint density at radius 3 is 2.29 bits per heavy atom. The average molecular weight is 343 g/mol. The molecule has 2 aromatic carbocycles. The Morgan fingerprint density at radius 2 is 1.76 bits per heavy atom. The fourth-order valence-corrected chi connectivity index (χ4v) is 3.13. The first-order valence-corrected chi connectivity index (χ1v) is 7.54. The Balaban J connectivity index is 2.46. The van der Waals surface area contributed by atoms with Crippen LogP contribution in [-0.4, -0.2) is 19.0 Å². The molecule has 0 unspecified atom stereocenters. The van der Waals surface area contributed by atoms with Gasteiger partial charge in [-0.15, -0.1) is 0 Å². The van der Waals surface area contributed by atoms with Gasteiger partial charge in [0.05, 0.1) is 10.6 Å². The highest BCUT2D eigenvalue weighted by atomic mass is 35.5. The summed E-state index contributed by atoms with van der Waals surface area (Å²) in [6.45, 7) is 0. The summed E-state index contributed by atoms with van der Waals surface area (Å²) in [7, 11) is 3.73. The second-order valence-corrected chi connectivity index (χ2v) is 6.44. The van der Waals surface area contributed by atoms with Gasteiger partial charge in [0.1, 0.15) is 5.02 Å². The van der Waals surface area contributed by atoms with Gasteiger partial charge in [-0.05, 0) is 30.3 Å². The van der Waals surface area contributed by atoms with E-state index in [4.69, 9.17) is 23.2 Å². The monoisotopic (exact) mass is 342 g/mol. The lowest BCUT2D eigenvalue weighted by atomic mass is 10.2. The highest BCUT2D eigenvalue weighted by molar-refractivity contribution is 7.99. The maximum atomic E-state index is 11.0. The molecule has 2 rings (SSSR count). The van der Waals surface area contributed by atoms with Gasteiger partial charge in [0.15, 0.2) is 0 Å². The van der Waals surface area contributed by atoms with Crippen LogP contribution in [0.15, 0.2) is 46.2 Å². The van der Waals surface area contributed by atoms with Gasteiger partial charge in [-0.2, -0.15) is 0 Å². The number of anilines is 1. The van der Waals surface area contributed by atoms with Gasteiger partial charge in [0.2, 0.25) is 0 Å². The van der Waals surface area contributed by atoms with Crippen molar-refractivity contribution in [3.63, 3.8) is 0 Å². The Kier molecular flexibility index (Phi) is 4.98. The van der Waals surface area contributed by atoms with Crippen LogP contribution in [0.1, 0.15) is 0 Å². The molecule has 0 heterocycles. The molecule has 0 aliphatic heterocycles. The highest BCUT2D eigenvalue weighted by Crippen LogP contribution is 2.40. The first-order chi connectivity index (χ1) is 9.88. The molecule has 0 radical (unpaired) electrons. The molecule has 0 bridgehead atoms. The van der Waals surface area contributed by atoms with E-state index in [1.807, 2.05) is 31.1 Å². The molecule has 21 heavy (non-hydrogen) atoms. The van der Waals surface area contributed by atoms with Gasteiger partial charge in [-0.25, -0.2) is 0 Å². The molecule has 0 saturated carbocycles. The van der Waals surface area contributed by atoms with Crippen LogP contribution in [-0.2, 0) is 0 Å². The number of benzene rings is 2. The van der Waals surface area contributed by atoms with Crippen molar-refractivity contribution in [2.24, 2.45) is 0 Å². The van der Waals surface area contributed by atoms with Crippen LogP contribution in [0.4, 0.5) is 11.4 Å². The van der Waals surface area contributed by atoms with Crippen LogP contribution >= 0.6 is 35.0 Å². The van der Waals surface area contributed by atoms with Crippen molar-refractivity contribution in [2.45, 2.75) is 9.79 Å². The third-order valence-corrected chi connectivity index (χ3v) is 4.36. The molecule has 0 spiro atoms. The summed E-state index contributed by atoms with van der Waals surface area (Å²) in [5.41, 5.74) is 0.726. The molecule has 0 aliphatic rings. The number of nitro benzene ring substituents is 1. The van der Waals surface area contributed by atoms with Gasteiger partial charge in [-0.1, -0.05) is 35.0 Å². The van der Waals surface area contributed by atoms with E-state index in [2.05, 4.69) is 0 Å². The summed E-state index contributed by atoms with van der Waals surface area (Å²) in [4.78, 5) is 14.1. The van der Waals surface area contributed by atoms with E-state index in [0.29, 0.717) is 5.02 Å². The van der Waals surface area contributed by atoms with Gasteiger partial charge < -0.3 is 4.90 Å². The largest absolute Gasteiger partial charge is 0.377 e. The van der Waals surface area contributed by atoms with Crippen molar-refractivity contribution >= 4 is 46.3 Å². The predicted molar refractivity (Wildman–Crippen MR) is 88.0 cm³/mol. The van der Waals surface area contributed by atoms with Gasteiger partial charge in [-0.3, -0.25) is 10.1 Å². The zero-order valence-electron chi connectivity index (χ0n) is 11.3. The number of hydrogen-bond donors (Lipinski definition) is 0. The first-order valence-electron chi connectivity index (χ1n) is 5.97. The molecule has 0 atom stereocenters. The van der Waals surface area contributed by atoms with E-state index in [-0.39, 0.29) is 10.7 Å². The number of nitrogens with zero attached hydrogens (tertiary/aromatic N) is 2. The molecule has 110 valence electrons. The molecule has 0 fully saturated rings. The van der Waals surface area contributed by atoms with Crippen molar-refractivity contribution in [3.8, 4) is 0 Å². The van der Waals surface area contributed by atoms with Crippen LogP contribution in [0.5, 0.6) is 0 Å². The molecular formula is C14H12Cl2N2O2S. The number of rotatable bonds is 4. The normalized spacial score (nSPS) is 10.5. The van der Waals surface area contributed by atoms with E-state index >= 15 is 0 Å². The zero-order valence-corrected chi connectivity index (χ0v) is 13.7. The summed E-state index contributed by atoms with van der Waals surface area (Å²) in [5.74, 6) is 0. The maximum Gasteiger partial charge on any atom is 0.289 e. The lowest BCUT2D eigenvalue weighted by Gasteiger charge is -2.17. The zero-order chi connectivity index (χ0) is 15.6. The SMILES string of the molecule is CN(C)c1cc(Cl)c([N+](=O)[O-])cc1Sc1ccc(Cl)cc1. The van der Waals surface area contributed by atoms with E-state index in [1.54, 1.807) is 18.2 Å². The lowest BCUT2D eigenvalue weighted by molar-refractivity contribution is -0.384. The molecule has 0 aromatic heterocycles. The first kappa shape index (κ1) is 15.9. The molecule has 2 aromatic rings.